The van der Waals surface area contributed by atoms with Crippen molar-refractivity contribution in [3.05, 3.63) is 28.8 Å². The lowest BCUT2D eigenvalue weighted by Gasteiger charge is -2.16. The summed E-state index contributed by atoms with van der Waals surface area (Å²) in [4.78, 5) is 11.5. The molecule has 3 nitrogen and oxygen atoms in total. The summed E-state index contributed by atoms with van der Waals surface area (Å²) >= 11 is 6.00. The van der Waals surface area contributed by atoms with Crippen LogP contribution in [0.5, 0.6) is 0 Å². The van der Waals surface area contributed by atoms with Crippen molar-refractivity contribution in [3.8, 4) is 0 Å². The van der Waals surface area contributed by atoms with Gasteiger partial charge in [0.25, 0.3) is 0 Å². The van der Waals surface area contributed by atoms with Crippen molar-refractivity contribution in [1.29, 1.82) is 0 Å². The zero-order valence-corrected chi connectivity index (χ0v) is 10.6. The third-order valence-electron chi connectivity index (χ3n) is 2.38. The lowest BCUT2D eigenvalue weighted by Crippen LogP contribution is -2.37. The summed E-state index contributed by atoms with van der Waals surface area (Å²) in [5.41, 5.74) is 1.85. The summed E-state index contributed by atoms with van der Waals surface area (Å²) in [5, 5.41) is 6.61. The minimum absolute atomic E-state index is 0.0122. The first-order chi connectivity index (χ1) is 7.56. The second-order valence-corrected chi connectivity index (χ2v) is 4.08. The van der Waals surface area contributed by atoms with E-state index in [4.69, 9.17) is 11.6 Å². The number of nitrogens with one attached hydrogen (secondary N) is 2. The van der Waals surface area contributed by atoms with Crippen LogP contribution in [0.15, 0.2) is 18.2 Å². The Bertz CT molecular complexity index is 379. The smallest absolute Gasteiger partial charge is 0.242 e. The molecule has 16 heavy (non-hydrogen) atoms. The molecule has 0 saturated heterocycles. The lowest BCUT2D eigenvalue weighted by atomic mass is 10.2. The highest BCUT2D eigenvalue weighted by Gasteiger charge is 2.12. The van der Waals surface area contributed by atoms with Gasteiger partial charge in [0.2, 0.25) is 5.91 Å². The Morgan fingerprint density at radius 2 is 2.19 bits per heavy atom. The van der Waals surface area contributed by atoms with Crippen LogP contribution in [-0.2, 0) is 4.79 Å². The van der Waals surface area contributed by atoms with Crippen molar-refractivity contribution in [3.63, 3.8) is 0 Å². The van der Waals surface area contributed by atoms with Crippen molar-refractivity contribution in [2.75, 3.05) is 11.9 Å². The van der Waals surface area contributed by atoms with E-state index in [1.807, 2.05) is 39.0 Å². The molecule has 4 heteroatoms. The van der Waals surface area contributed by atoms with Crippen LogP contribution in [0.3, 0.4) is 0 Å². The van der Waals surface area contributed by atoms with Crippen LogP contribution in [-0.4, -0.2) is 18.5 Å². The van der Waals surface area contributed by atoms with Gasteiger partial charge in [0, 0.05) is 17.3 Å². The van der Waals surface area contributed by atoms with Gasteiger partial charge in [-0.25, -0.2) is 0 Å². The maximum absolute atomic E-state index is 11.5. The first kappa shape index (κ1) is 12.8. The summed E-state index contributed by atoms with van der Waals surface area (Å²) in [6.07, 6.45) is 0. The Kier molecular flexibility index (Phi) is 4.62. The zero-order chi connectivity index (χ0) is 12.1. The predicted octanol–water partition coefficient (Wildman–Crippen LogP) is 2.58. The average molecular weight is 241 g/mol. The summed E-state index contributed by atoms with van der Waals surface area (Å²) in [7, 11) is 0. The molecule has 0 bridgehead atoms. The van der Waals surface area contributed by atoms with E-state index in [1.54, 1.807) is 0 Å². The molecule has 1 rings (SSSR count). The summed E-state index contributed by atoms with van der Waals surface area (Å²) < 4.78 is 0. The van der Waals surface area contributed by atoms with Gasteiger partial charge in [-0.2, -0.15) is 0 Å². The molecular weight excluding hydrogens is 224 g/mol. The van der Waals surface area contributed by atoms with E-state index in [0.29, 0.717) is 11.6 Å². The number of anilines is 1. The van der Waals surface area contributed by atoms with Gasteiger partial charge in [-0.3, -0.25) is 4.79 Å². The highest BCUT2D eigenvalue weighted by Crippen LogP contribution is 2.23. The van der Waals surface area contributed by atoms with Crippen LogP contribution >= 0.6 is 11.6 Å². The van der Waals surface area contributed by atoms with E-state index < -0.39 is 0 Å². The van der Waals surface area contributed by atoms with E-state index in [9.17, 15) is 4.79 Å². The van der Waals surface area contributed by atoms with Gasteiger partial charge in [-0.15, -0.1) is 0 Å². The molecule has 0 radical (unpaired) electrons. The standard InChI is InChI=1S/C12H17ClN2O/c1-4-14-12(16)9(3)15-11-7-5-6-10(13)8(11)2/h5-7,9,15H,4H2,1-3H3,(H,14,16)/t9-/m1/s1. The van der Waals surface area contributed by atoms with Gasteiger partial charge in [0.15, 0.2) is 0 Å². The summed E-state index contributed by atoms with van der Waals surface area (Å²) in [6, 6.07) is 5.34. The van der Waals surface area contributed by atoms with Gasteiger partial charge in [0.1, 0.15) is 6.04 Å². The summed E-state index contributed by atoms with van der Waals surface area (Å²) in [5.74, 6) is -0.0122. The Labute approximate surface area is 101 Å². The second kappa shape index (κ2) is 5.75. The molecule has 88 valence electrons. The Hall–Kier alpha value is -1.22. The number of rotatable bonds is 4. The molecule has 0 saturated carbocycles. The molecule has 0 aliphatic rings. The molecule has 0 fully saturated rings. The van der Waals surface area contributed by atoms with Gasteiger partial charge in [-0.1, -0.05) is 17.7 Å². The minimum Gasteiger partial charge on any atom is -0.374 e. The largest absolute Gasteiger partial charge is 0.374 e. The molecule has 0 aliphatic heterocycles. The van der Waals surface area contributed by atoms with E-state index >= 15 is 0 Å². The fraction of sp³-hybridized carbons (Fsp3) is 0.417. The Balaban J connectivity index is 2.73. The number of carbonyl (C=O) groups is 1. The van der Waals surface area contributed by atoms with Crippen molar-refractivity contribution >= 4 is 23.2 Å². The fourth-order valence-corrected chi connectivity index (χ4v) is 1.56. The van der Waals surface area contributed by atoms with Crippen LogP contribution in [0.25, 0.3) is 0 Å². The third kappa shape index (κ3) is 3.14. The number of carbonyl (C=O) groups excluding carboxylic acids is 1. The maximum atomic E-state index is 11.5. The van der Waals surface area contributed by atoms with Crippen molar-refractivity contribution in [2.45, 2.75) is 26.8 Å². The van der Waals surface area contributed by atoms with Crippen molar-refractivity contribution < 1.29 is 4.79 Å². The SMILES string of the molecule is CCNC(=O)[C@@H](C)Nc1cccc(Cl)c1C. The van der Waals surface area contributed by atoms with Crippen LogP contribution in [0.4, 0.5) is 5.69 Å². The van der Waals surface area contributed by atoms with Gasteiger partial charge in [-0.05, 0) is 38.5 Å². The van der Waals surface area contributed by atoms with E-state index in [-0.39, 0.29) is 11.9 Å². The van der Waals surface area contributed by atoms with Crippen molar-refractivity contribution in [2.24, 2.45) is 0 Å². The number of benzene rings is 1. The number of hydrogen-bond donors (Lipinski definition) is 2. The van der Waals surface area contributed by atoms with Gasteiger partial charge < -0.3 is 10.6 Å². The average Bonchev–Trinajstić information content (AvgIpc) is 2.25. The number of amides is 1. The molecule has 0 aliphatic carbocycles. The Morgan fingerprint density at radius 3 is 2.81 bits per heavy atom. The molecule has 2 N–H and O–H groups in total. The van der Waals surface area contributed by atoms with E-state index in [1.165, 1.54) is 0 Å². The molecule has 0 spiro atoms. The normalized spacial score (nSPS) is 12.0. The molecule has 1 atom stereocenters. The first-order valence-corrected chi connectivity index (χ1v) is 5.73. The van der Waals surface area contributed by atoms with Crippen LogP contribution in [0.2, 0.25) is 5.02 Å². The quantitative estimate of drug-likeness (QED) is 0.850. The summed E-state index contributed by atoms with van der Waals surface area (Å²) in [6.45, 7) is 6.29. The van der Waals surface area contributed by atoms with Crippen LogP contribution in [0.1, 0.15) is 19.4 Å². The fourth-order valence-electron chi connectivity index (χ4n) is 1.39. The number of halogens is 1. The molecule has 0 aromatic heterocycles. The number of likely N-dealkylation sites (N-methyl/N-ethyl adjacent to an activating group) is 1. The second-order valence-electron chi connectivity index (χ2n) is 3.67. The Morgan fingerprint density at radius 1 is 1.50 bits per heavy atom. The molecular formula is C12H17ClN2O. The van der Waals surface area contributed by atoms with Gasteiger partial charge in [0.05, 0.1) is 0 Å². The topological polar surface area (TPSA) is 41.1 Å². The maximum Gasteiger partial charge on any atom is 0.242 e. The third-order valence-corrected chi connectivity index (χ3v) is 2.79. The molecule has 1 amide bonds. The monoisotopic (exact) mass is 240 g/mol. The zero-order valence-electron chi connectivity index (χ0n) is 9.80. The molecule has 0 heterocycles. The van der Waals surface area contributed by atoms with Crippen LogP contribution in [0, 0.1) is 6.92 Å². The van der Waals surface area contributed by atoms with E-state index in [2.05, 4.69) is 10.6 Å². The van der Waals surface area contributed by atoms with Gasteiger partial charge >= 0.3 is 0 Å². The molecule has 0 unspecified atom stereocenters. The van der Waals surface area contributed by atoms with Crippen LogP contribution < -0.4 is 10.6 Å². The predicted molar refractivity (Wildman–Crippen MR) is 68.0 cm³/mol. The highest BCUT2D eigenvalue weighted by molar-refractivity contribution is 6.31. The lowest BCUT2D eigenvalue weighted by molar-refractivity contribution is -0.121. The highest BCUT2D eigenvalue weighted by atomic mass is 35.5. The number of hydrogen-bond acceptors (Lipinski definition) is 2. The van der Waals surface area contributed by atoms with E-state index in [0.717, 1.165) is 11.3 Å². The molecule has 1 aromatic rings. The molecule has 1 aromatic carbocycles. The minimum atomic E-state index is -0.267. The van der Waals surface area contributed by atoms with Crippen molar-refractivity contribution in [1.82, 2.24) is 5.32 Å². The first-order valence-electron chi connectivity index (χ1n) is 5.35.